The minimum absolute atomic E-state index is 0.240. The highest BCUT2D eigenvalue weighted by Crippen LogP contribution is 2.24. The molecular weight excluding hydrogens is 270 g/mol. The lowest BCUT2D eigenvalue weighted by molar-refractivity contribution is -0.141. The zero-order chi connectivity index (χ0) is 15.2. The number of benzene rings is 1. The number of carbonyl (C=O) groups is 2. The van der Waals surface area contributed by atoms with E-state index in [-0.39, 0.29) is 11.7 Å². The van der Waals surface area contributed by atoms with E-state index in [0.29, 0.717) is 13.0 Å². The molecule has 0 spiro atoms. The van der Waals surface area contributed by atoms with Crippen LogP contribution in [0.15, 0.2) is 47.1 Å². The van der Waals surface area contributed by atoms with Crippen LogP contribution in [0.2, 0.25) is 0 Å². The molecular formula is C16H17NO4. The van der Waals surface area contributed by atoms with Crippen molar-refractivity contribution in [3.05, 3.63) is 48.4 Å². The number of nitrogens with one attached hydrogen (secondary N) is 1. The maximum absolute atomic E-state index is 12.1. The van der Waals surface area contributed by atoms with Gasteiger partial charge in [0.25, 0.3) is 5.91 Å². The summed E-state index contributed by atoms with van der Waals surface area (Å²) in [5.74, 6) is -1.46. The number of furan rings is 1. The SMILES string of the molecule is CC(CCNC(=O)c1occc1-c1ccccc1)C(=O)O. The molecule has 1 unspecified atom stereocenters. The maximum Gasteiger partial charge on any atom is 0.306 e. The summed E-state index contributed by atoms with van der Waals surface area (Å²) in [7, 11) is 0. The number of carbonyl (C=O) groups excluding carboxylic acids is 1. The smallest absolute Gasteiger partial charge is 0.306 e. The number of carboxylic acids is 1. The Morgan fingerprint density at radius 2 is 1.95 bits per heavy atom. The van der Waals surface area contributed by atoms with Crippen LogP contribution in [-0.2, 0) is 4.79 Å². The van der Waals surface area contributed by atoms with Crippen molar-refractivity contribution in [2.45, 2.75) is 13.3 Å². The van der Waals surface area contributed by atoms with E-state index >= 15 is 0 Å². The normalized spacial score (nSPS) is 11.9. The van der Waals surface area contributed by atoms with E-state index in [1.165, 1.54) is 6.26 Å². The van der Waals surface area contributed by atoms with Gasteiger partial charge in [0.15, 0.2) is 5.76 Å². The number of rotatable bonds is 6. The van der Waals surface area contributed by atoms with Gasteiger partial charge in [0.2, 0.25) is 0 Å². The quantitative estimate of drug-likeness (QED) is 0.856. The number of carboxylic acid groups (broad SMARTS) is 1. The number of hydrogen-bond acceptors (Lipinski definition) is 3. The summed E-state index contributed by atoms with van der Waals surface area (Å²) < 4.78 is 5.26. The lowest BCUT2D eigenvalue weighted by Gasteiger charge is -2.07. The average Bonchev–Trinajstić information content (AvgIpc) is 2.97. The van der Waals surface area contributed by atoms with E-state index in [4.69, 9.17) is 9.52 Å². The molecule has 1 heterocycles. The Kier molecular flexibility index (Phi) is 4.77. The van der Waals surface area contributed by atoms with Crippen molar-refractivity contribution in [1.82, 2.24) is 5.32 Å². The summed E-state index contributed by atoms with van der Waals surface area (Å²) in [5, 5.41) is 11.5. The van der Waals surface area contributed by atoms with E-state index in [1.54, 1.807) is 13.0 Å². The van der Waals surface area contributed by atoms with Crippen LogP contribution in [0.1, 0.15) is 23.9 Å². The van der Waals surface area contributed by atoms with Gasteiger partial charge in [-0.3, -0.25) is 9.59 Å². The van der Waals surface area contributed by atoms with E-state index in [9.17, 15) is 9.59 Å². The zero-order valence-corrected chi connectivity index (χ0v) is 11.7. The zero-order valence-electron chi connectivity index (χ0n) is 11.7. The molecule has 0 radical (unpaired) electrons. The molecule has 2 rings (SSSR count). The first kappa shape index (κ1) is 14.8. The molecule has 1 aromatic carbocycles. The molecule has 0 fully saturated rings. The molecule has 0 bridgehead atoms. The summed E-state index contributed by atoms with van der Waals surface area (Å²) in [5.41, 5.74) is 1.62. The van der Waals surface area contributed by atoms with E-state index in [1.807, 2.05) is 30.3 Å². The number of amides is 1. The van der Waals surface area contributed by atoms with Crippen LogP contribution in [0.5, 0.6) is 0 Å². The van der Waals surface area contributed by atoms with Crippen molar-refractivity contribution >= 4 is 11.9 Å². The van der Waals surface area contributed by atoms with Gasteiger partial charge in [0, 0.05) is 12.1 Å². The van der Waals surface area contributed by atoms with Crippen LogP contribution in [0.3, 0.4) is 0 Å². The van der Waals surface area contributed by atoms with Gasteiger partial charge in [0.05, 0.1) is 12.2 Å². The molecule has 110 valence electrons. The molecule has 2 N–H and O–H groups in total. The molecule has 21 heavy (non-hydrogen) atoms. The van der Waals surface area contributed by atoms with Crippen LogP contribution in [0.4, 0.5) is 0 Å². The lowest BCUT2D eigenvalue weighted by Crippen LogP contribution is -2.27. The molecule has 0 aliphatic heterocycles. The molecule has 0 saturated heterocycles. The third-order valence-electron chi connectivity index (χ3n) is 3.24. The van der Waals surface area contributed by atoms with Crippen LogP contribution in [0.25, 0.3) is 11.1 Å². The van der Waals surface area contributed by atoms with E-state index < -0.39 is 11.9 Å². The van der Waals surface area contributed by atoms with Gasteiger partial charge in [-0.2, -0.15) is 0 Å². The van der Waals surface area contributed by atoms with Gasteiger partial charge in [-0.05, 0) is 18.1 Å². The standard InChI is InChI=1S/C16H17NO4/c1-11(16(19)20)7-9-17-15(18)14-13(8-10-21-14)12-5-3-2-4-6-12/h2-6,8,10-11H,7,9H2,1H3,(H,17,18)(H,19,20). The molecule has 1 aromatic heterocycles. The molecule has 0 saturated carbocycles. The van der Waals surface area contributed by atoms with Gasteiger partial charge < -0.3 is 14.8 Å². The Bertz CT molecular complexity index is 618. The van der Waals surface area contributed by atoms with Crippen LogP contribution < -0.4 is 5.32 Å². The van der Waals surface area contributed by atoms with Crippen LogP contribution in [0, 0.1) is 5.92 Å². The number of hydrogen-bond donors (Lipinski definition) is 2. The van der Waals surface area contributed by atoms with Gasteiger partial charge in [-0.25, -0.2) is 0 Å². The van der Waals surface area contributed by atoms with E-state index in [0.717, 1.165) is 11.1 Å². The van der Waals surface area contributed by atoms with Crippen LogP contribution >= 0.6 is 0 Å². The molecule has 2 aromatic rings. The molecule has 5 nitrogen and oxygen atoms in total. The van der Waals surface area contributed by atoms with Gasteiger partial charge in [0.1, 0.15) is 0 Å². The number of aliphatic carboxylic acids is 1. The minimum atomic E-state index is -0.868. The topological polar surface area (TPSA) is 79.5 Å². The second kappa shape index (κ2) is 6.74. The Hall–Kier alpha value is -2.56. The van der Waals surface area contributed by atoms with Gasteiger partial charge in [-0.1, -0.05) is 37.3 Å². The maximum atomic E-state index is 12.1. The predicted molar refractivity (Wildman–Crippen MR) is 77.9 cm³/mol. The largest absolute Gasteiger partial charge is 0.481 e. The Labute approximate surface area is 122 Å². The van der Waals surface area contributed by atoms with Gasteiger partial charge >= 0.3 is 5.97 Å². The van der Waals surface area contributed by atoms with Crippen molar-refractivity contribution in [3.8, 4) is 11.1 Å². The third-order valence-corrected chi connectivity index (χ3v) is 3.24. The van der Waals surface area contributed by atoms with Crippen molar-refractivity contribution in [3.63, 3.8) is 0 Å². The fraction of sp³-hybridized carbons (Fsp3) is 0.250. The molecule has 5 heteroatoms. The first-order chi connectivity index (χ1) is 10.1. The van der Waals surface area contributed by atoms with Crippen LogP contribution in [-0.4, -0.2) is 23.5 Å². The highest BCUT2D eigenvalue weighted by molar-refractivity contribution is 5.98. The average molecular weight is 287 g/mol. The summed E-state index contributed by atoms with van der Waals surface area (Å²) in [6.07, 6.45) is 1.85. The fourth-order valence-corrected chi connectivity index (χ4v) is 1.94. The molecule has 1 atom stereocenters. The Balaban J connectivity index is 2.01. The van der Waals surface area contributed by atoms with Gasteiger partial charge in [-0.15, -0.1) is 0 Å². The third kappa shape index (κ3) is 3.72. The lowest BCUT2D eigenvalue weighted by atomic mass is 10.1. The monoisotopic (exact) mass is 287 g/mol. The first-order valence-corrected chi connectivity index (χ1v) is 6.73. The summed E-state index contributed by atoms with van der Waals surface area (Å²) in [4.78, 5) is 22.8. The highest BCUT2D eigenvalue weighted by atomic mass is 16.4. The predicted octanol–water partition coefficient (Wildman–Crippen LogP) is 2.79. The second-order valence-electron chi connectivity index (χ2n) is 4.81. The Morgan fingerprint density at radius 1 is 1.24 bits per heavy atom. The molecule has 0 aliphatic carbocycles. The van der Waals surface area contributed by atoms with Crippen molar-refractivity contribution < 1.29 is 19.1 Å². The van der Waals surface area contributed by atoms with Crippen molar-refractivity contribution in [1.29, 1.82) is 0 Å². The Morgan fingerprint density at radius 3 is 2.62 bits per heavy atom. The summed E-state index contributed by atoms with van der Waals surface area (Å²) in [6.45, 7) is 1.90. The molecule has 0 aliphatic rings. The van der Waals surface area contributed by atoms with Crippen molar-refractivity contribution in [2.75, 3.05) is 6.54 Å². The second-order valence-corrected chi connectivity index (χ2v) is 4.81. The summed E-state index contributed by atoms with van der Waals surface area (Å²) >= 11 is 0. The molecule has 1 amide bonds. The highest BCUT2D eigenvalue weighted by Gasteiger charge is 2.17. The van der Waals surface area contributed by atoms with E-state index in [2.05, 4.69) is 5.32 Å². The fourth-order valence-electron chi connectivity index (χ4n) is 1.94. The summed E-state index contributed by atoms with van der Waals surface area (Å²) in [6, 6.07) is 11.2. The van der Waals surface area contributed by atoms with Crippen molar-refractivity contribution in [2.24, 2.45) is 5.92 Å². The minimum Gasteiger partial charge on any atom is -0.481 e. The first-order valence-electron chi connectivity index (χ1n) is 6.73.